The molecule has 0 saturated heterocycles. The van der Waals surface area contributed by atoms with Crippen molar-refractivity contribution in [1.29, 1.82) is 0 Å². The molecule has 2 aromatic heterocycles. The van der Waals surface area contributed by atoms with Gasteiger partial charge in [0.05, 0.1) is 0 Å². The number of hydrogen-bond acceptors (Lipinski definition) is 4. The van der Waals surface area contributed by atoms with E-state index >= 15 is 0 Å². The largest absolute Gasteiger partial charge is 0.371 e. The molecule has 0 radical (unpaired) electrons. The van der Waals surface area contributed by atoms with Crippen molar-refractivity contribution in [3.8, 4) is 0 Å². The molecule has 0 unspecified atom stereocenters. The van der Waals surface area contributed by atoms with Crippen molar-refractivity contribution in [3.63, 3.8) is 0 Å². The molecule has 0 fully saturated rings. The lowest BCUT2D eigenvalue weighted by atomic mass is 9.98. The quantitative estimate of drug-likeness (QED) is 0.858. The number of sulfonamides is 1. The van der Waals surface area contributed by atoms with Crippen molar-refractivity contribution in [1.82, 2.24) is 14.1 Å². The molecule has 0 bridgehead atoms. The molecule has 2 aromatic rings. The van der Waals surface area contributed by atoms with Crippen LogP contribution in [-0.2, 0) is 10.0 Å². The van der Waals surface area contributed by atoms with Crippen LogP contribution in [0.1, 0.15) is 33.6 Å². The number of rotatable bonds is 6. The average Bonchev–Trinajstić information content (AvgIpc) is 2.86. The summed E-state index contributed by atoms with van der Waals surface area (Å²) in [6.07, 6.45) is 3.13. The van der Waals surface area contributed by atoms with Crippen LogP contribution in [0.4, 0.5) is 5.82 Å². The van der Waals surface area contributed by atoms with E-state index in [9.17, 15) is 8.42 Å². The summed E-state index contributed by atoms with van der Waals surface area (Å²) in [5, 5.41) is 3.01. The van der Waals surface area contributed by atoms with Crippen LogP contribution in [0, 0.1) is 0 Å². The molecule has 0 atom stereocenters. The first kappa shape index (κ1) is 15.8. The SMILES string of the molecule is CCC(C)(CC)NS(=O)(=O)c1c(NC)nc2ccccn12. The Morgan fingerprint density at radius 1 is 1.29 bits per heavy atom. The second-order valence-corrected chi connectivity index (χ2v) is 6.92. The van der Waals surface area contributed by atoms with E-state index in [4.69, 9.17) is 0 Å². The molecule has 2 N–H and O–H groups in total. The average molecular weight is 310 g/mol. The molecular formula is C14H22N4O2S. The minimum absolute atomic E-state index is 0.147. The fourth-order valence-electron chi connectivity index (χ4n) is 2.16. The molecule has 0 aliphatic rings. The highest BCUT2D eigenvalue weighted by Crippen LogP contribution is 2.25. The van der Waals surface area contributed by atoms with E-state index in [1.54, 1.807) is 29.8 Å². The maximum atomic E-state index is 12.8. The topological polar surface area (TPSA) is 75.5 Å². The second-order valence-electron chi connectivity index (χ2n) is 5.32. The first-order valence-electron chi connectivity index (χ1n) is 7.05. The van der Waals surface area contributed by atoms with Gasteiger partial charge in [-0.3, -0.25) is 4.40 Å². The number of nitrogens with one attached hydrogen (secondary N) is 2. The van der Waals surface area contributed by atoms with Crippen molar-refractivity contribution in [2.75, 3.05) is 12.4 Å². The van der Waals surface area contributed by atoms with Crippen LogP contribution in [0.25, 0.3) is 5.65 Å². The molecule has 0 spiro atoms. The van der Waals surface area contributed by atoms with Crippen molar-refractivity contribution >= 4 is 21.5 Å². The minimum Gasteiger partial charge on any atom is -0.371 e. The van der Waals surface area contributed by atoms with Gasteiger partial charge in [0.25, 0.3) is 10.0 Å². The Labute approximate surface area is 125 Å². The Morgan fingerprint density at radius 2 is 1.95 bits per heavy atom. The summed E-state index contributed by atoms with van der Waals surface area (Å²) in [4.78, 5) is 4.31. The Kier molecular flexibility index (Phi) is 4.25. The lowest BCUT2D eigenvalue weighted by Gasteiger charge is -2.27. The molecule has 2 heterocycles. The van der Waals surface area contributed by atoms with Gasteiger partial charge in [-0.1, -0.05) is 19.9 Å². The molecule has 7 heteroatoms. The zero-order chi connectivity index (χ0) is 15.7. The number of nitrogens with zero attached hydrogens (tertiary/aromatic N) is 2. The van der Waals surface area contributed by atoms with E-state index in [0.717, 1.165) is 0 Å². The summed E-state index contributed by atoms with van der Waals surface area (Å²) in [5.41, 5.74) is 0.125. The molecule has 0 aliphatic carbocycles. The van der Waals surface area contributed by atoms with E-state index in [2.05, 4.69) is 15.0 Å². The maximum Gasteiger partial charge on any atom is 0.260 e. The van der Waals surface area contributed by atoms with Crippen molar-refractivity contribution in [2.45, 2.75) is 44.2 Å². The highest BCUT2D eigenvalue weighted by atomic mass is 32.2. The summed E-state index contributed by atoms with van der Waals surface area (Å²) >= 11 is 0. The van der Waals surface area contributed by atoms with Gasteiger partial charge in [0.1, 0.15) is 5.65 Å². The zero-order valence-electron chi connectivity index (χ0n) is 12.8. The molecule has 6 nitrogen and oxygen atoms in total. The van der Waals surface area contributed by atoms with Gasteiger partial charge >= 0.3 is 0 Å². The van der Waals surface area contributed by atoms with E-state index in [1.165, 1.54) is 0 Å². The van der Waals surface area contributed by atoms with Crippen LogP contribution in [0.3, 0.4) is 0 Å². The predicted octanol–water partition coefficient (Wildman–Crippen LogP) is 2.23. The molecule has 2 rings (SSSR count). The fraction of sp³-hybridized carbons (Fsp3) is 0.500. The Morgan fingerprint density at radius 3 is 2.52 bits per heavy atom. The van der Waals surface area contributed by atoms with Crippen LogP contribution < -0.4 is 10.0 Å². The smallest absolute Gasteiger partial charge is 0.260 e. The van der Waals surface area contributed by atoms with Crippen LogP contribution in [0.2, 0.25) is 0 Å². The summed E-state index contributed by atoms with van der Waals surface area (Å²) in [7, 11) is -2.01. The van der Waals surface area contributed by atoms with Gasteiger partial charge in [-0.05, 0) is 31.9 Å². The maximum absolute atomic E-state index is 12.8. The molecule has 0 amide bonds. The molecular weight excluding hydrogens is 288 g/mol. The van der Waals surface area contributed by atoms with Gasteiger partial charge in [0.15, 0.2) is 10.8 Å². The number of anilines is 1. The third-order valence-electron chi connectivity index (χ3n) is 3.92. The summed E-state index contributed by atoms with van der Waals surface area (Å²) in [5.74, 6) is 0.350. The van der Waals surface area contributed by atoms with Crippen molar-refractivity contribution in [3.05, 3.63) is 24.4 Å². The predicted molar refractivity (Wildman–Crippen MR) is 84.0 cm³/mol. The Balaban J connectivity index is 2.59. The van der Waals surface area contributed by atoms with Crippen LogP contribution >= 0.6 is 0 Å². The molecule has 0 aromatic carbocycles. The zero-order valence-corrected chi connectivity index (χ0v) is 13.7. The molecule has 116 valence electrons. The van der Waals surface area contributed by atoms with E-state index < -0.39 is 15.6 Å². The summed E-state index contributed by atoms with van der Waals surface area (Å²) < 4.78 is 30.0. The van der Waals surface area contributed by atoms with Crippen LogP contribution in [-0.4, -0.2) is 30.4 Å². The number of hydrogen-bond donors (Lipinski definition) is 2. The first-order chi connectivity index (χ1) is 9.87. The number of pyridine rings is 1. The molecule has 21 heavy (non-hydrogen) atoms. The van der Waals surface area contributed by atoms with E-state index in [1.807, 2.05) is 26.8 Å². The number of imidazole rings is 1. The molecule has 0 aliphatic heterocycles. The van der Waals surface area contributed by atoms with Crippen LogP contribution in [0.15, 0.2) is 29.4 Å². The third kappa shape index (κ3) is 2.89. The lowest BCUT2D eigenvalue weighted by molar-refractivity contribution is 0.388. The third-order valence-corrected chi connectivity index (χ3v) is 5.58. The number of fused-ring (bicyclic) bond motifs is 1. The Hall–Kier alpha value is -1.60. The van der Waals surface area contributed by atoms with Gasteiger partial charge in [-0.2, -0.15) is 0 Å². The van der Waals surface area contributed by atoms with Gasteiger partial charge in [0.2, 0.25) is 0 Å². The summed E-state index contributed by atoms with van der Waals surface area (Å²) in [6, 6.07) is 5.39. The fourth-order valence-corrected chi connectivity index (χ4v) is 4.01. The minimum atomic E-state index is -3.68. The Bertz CT molecular complexity index is 733. The monoisotopic (exact) mass is 310 g/mol. The van der Waals surface area contributed by atoms with Crippen molar-refractivity contribution < 1.29 is 8.42 Å². The van der Waals surface area contributed by atoms with Crippen LogP contribution in [0.5, 0.6) is 0 Å². The first-order valence-corrected chi connectivity index (χ1v) is 8.54. The van der Waals surface area contributed by atoms with E-state index in [-0.39, 0.29) is 5.03 Å². The van der Waals surface area contributed by atoms with Gasteiger partial charge < -0.3 is 5.32 Å². The highest BCUT2D eigenvalue weighted by molar-refractivity contribution is 7.89. The normalized spacial score (nSPS) is 12.8. The van der Waals surface area contributed by atoms with Crippen molar-refractivity contribution in [2.24, 2.45) is 0 Å². The van der Waals surface area contributed by atoms with Gasteiger partial charge in [0, 0.05) is 18.8 Å². The van der Waals surface area contributed by atoms with E-state index in [0.29, 0.717) is 24.3 Å². The second kappa shape index (κ2) is 5.65. The standard InChI is InChI=1S/C14H22N4O2S/c1-5-14(3,6-2)17-21(19,20)13-12(15-4)16-11-9-7-8-10-18(11)13/h7-10,15,17H,5-6H2,1-4H3. The highest BCUT2D eigenvalue weighted by Gasteiger charge is 2.31. The number of aromatic nitrogens is 2. The lowest BCUT2D eigenvalue weighted by Crippen LogP contribution is -2.45. The van der Waals surface area contributed by atoms with Gasteiger partial charge in [-0.25, -0.2) is 18.1 Å². The molecule has 0 saturated carbocycles. The van der Waals surface area contributed by atoms with Gasteiger partial charge in [-0.15, -0.1) is 0 Å². The summed E-state index contributed by atoms with van der Waals surface area (Å²) in [6.45, 7) is 5.85.